The third-order valence-corrected chi connectivity index (χ3v) is 5.08. The minimum Gasteiger partial charge on any atom is -0.266 e. The summed E-state index contributed by atoms with van der Waals surface area (Å²) in [4.78, 5) is 10.4. The van der Waals surface area contributed by atoms with Gasteiger partial charge in [-0.05, 0) is 40.3 Å². The molecule has 9 nitrogen and oxygen atoms in total. The molecular formula is C17H14IN7O2. The van der Waals surface area contributed by atoms with Gasteiger partial charge in [-0.3, -0.25) is 15.1 Å². The predicted octanol–water partition coefficient (Wildman–Crippen LogP) is 2.57. The van der Waals surface area contributed by atoms with Crippen molar-refractivity contribution in [3.8, 4) is 5.69 Å². The number of hydrazine groups is 2. The molecule has 1 aliphatic rings. The number of amidine groups is 1. The molecule has 2 N–H and O–H groups in total. The van der Waals surface area contributed by atoms with E-state index in [0.717, 1.165) is 20.5 Å². The molecule has 0 radical (unpaired) electrons. The lowest BCUT2D eigenvalue weighted by Gasteiger charge is -2.18. The number of non-ortho nitro benzene ring substituents is 1. The normalized spacial score (nSPS) is 13.4. The van der Waals surface area contributed by atoms with Crippen molar-refractivity contribution in [2.45, 2.75) is 6.54 Å². The molecule has 2 heterocycles. The van der Waals surface area contributed by atoms with Crippen LogP contribution in [0.2, 0.25) is 0 Å². The molecule has 0 bridgehead atoms. The molecule has 0 saturated carbocycles. The zero-order chi connectivity index (χ0) is 18.8. The van der Waals surface area contributed by atoms with Crippen molar-refractivity contribution in [3.05, 3.63) is 85.7 Å². The average Bonchev–Trinajstić information content (AvgIpc) is 3.29. The van der Waals surface area contributed by atoms with E-state index in [4.69, 9.17) is 0 Å². The smallest absolute Gasteiger partial charge is 0.266 e. The van der Waals surface area contributed by atoms with Gasteiger partial charge in [0, 0.05) is 12.1 Å². The van der Waals surface area contributed by atoms with E-state index in [1.54, 1.807) is 18.3 Å². The van der Waals surface area contributed by atoms with E-state index >= 15 is 0 Å². The third kappa shape index (κ3) is 3.48. The highest BCUT2D eigenvalue weighted by atomic mass is 127. The fraction of sp³-hybridized carbons (Fsp3) is 0.0588. The number of hydrogen-bond acceptors (Lipinski definition) is 7. The minimum atomic E-state index is -0.410. The summed E-state index contributed by atoms with van der Waals surface area (Å²) in [5, 5.41) is 21.4. The topological polar surface area (TPSA) is 101 Å². The Kier molecular flexibility index (Phi) is 4.73. The predicted molar refractivity (Wildman–Crippen MR) is 108 cm³/mol. The summed E-state index contributed by atoms with van der Waals surface area (Å²) < 4.78 is 2.78. The van der Waals surface area contributed by atoms with Crippen LogP contribution in [0.4, 0.5) is 5.69 Å². The number of halogens is 1. The van der Waals surface area contributed by atoms with Crippen LogP contribution in [0.1, 0.15) is 11.1 Å². The van der Waals surface area contributed by atoms with Crippen LogP contribution >= 0.6 is 22.6 Å². The molecule has 27 heavy (non-hydrogen) atoms. The fourth-order valence-corrected chi connectivity index (χ4v) is 3.49. The summed E-state index contributed by atoms with van der Waals surface area (Å²) in [5.74, 6) is 0.694. The van der Waals surface area contributed by atoms with E-state index in [2.05, 4.69) is 43.9 Å². The molecule has 2 aromatic carbocycles. The summed E-state index contributed by atoms with van der Waals surface area (Å²) in [6.45, 7) is 0.483. The Bertz CT molecular complexity index is 1000. The number of para-hydroxylation sites is 1. The molecule has 3 aromatic rings. The van der Waals surface area contributed by atoms with E-state index in [0.29, 0.717) is 12.4 Å². The molecule has 0 atom stereocenters. The Morgan fingerprint density at radius 3 is 2.56 bits per heavy atom. The lowest BCUT2D eigenvalue weighted by atomic mass is 10.2. The highest BCUT2D eigenvalue weighted by Crippen LogP contribution is 2.21. The van der Waals surface area contributed by atoms with Gasteiger partial charge in [-0.25, -0.2) is 10.2 Å². The van der Waals surface area contributed by atoms with Crippen LogP contribution in [0, 0.1) is 13.8 Å². The summed E-state index contributed by atoms with van der Waals surface area (Å²) >= 11 is 2.24. The Balaban J connectivity index is 1.57. The zero-order valence-electron chi connectivity index (χ0n) is 13.9. The van der Waals surface area contributed by atoms with Gasteiger partial charge >= 0.3 is 0 Å². The van der Waals surface area contributed by atoms with Crippen molar-refractivity contribution in [2.75, 3.05) is 0 Å². The highest BCUT2D eigenvalue weighted by molar-refractivity contribution is 14.1. The second-order valence-corrected chi connectivity index (χ2v) is 6.79. The van der Waals surface area contributed by atoms with Gasteiger partial charge in [0.15, 0.2) is 5.84 Å². The Labute approximate surface area is 167 Å². The quantitative estimate of drug-likeness (QED) is 0.334. The first-order valence-corrected chi connectivity index (χ1v) is 9.10. The van der Waals surface area contributed by atoms with Gasteiger partial charge in [0.25, 0.3) is 5.69 Å². The number of hydrogen-bond donors (Lipinski definition) is 2. The van der Waals surface area contributed by atoms with Crippen LogP contribution in [-0.2, 0) is 6.54 Å². The fourth-order valence-electron chi connectivity index (χ4n) is 2.71. The van der Waals surface area contributed by atoms with Gasteiger partial charge in [-0.15, -0.1) is 10.6 Å². The van der Waals surface area contributed by atoms with Crippen molar-refractivity contribution in [3.63, 3.8) is 0 Å². The average molecular weight is 475 g/mol. The van der Waals surface area contributed by atoms with Gasteiger partial charge in [0.05, 0.1) is 28.9 Å². The van der Waals surface area contributed by atoms with Crippen molar-refractivity contribution < 1.29 is 4.92 Å². The summed E-state index contributed by atoms with van der Waals surface area (Å²) in [7, 11) is 0. The van der Waals surface area contributed by atoms with Crippen LogP contribution in [-0.4, -0.2) is 25.5 Å². The number of rotatable bonds is 5. The van der Waals surface area contributed by atoms with Crippen LogP contribution in [0.25, 0.3) is 5.69 Å². The molecule has 1 aromatic heterocycles. The largest absolute Gasteiger partial charge is 0.269 e. The maximum atomic E-state index is 10.8. The molecule has 136 valence electrons. The molecule has 1 aliphatic heterocycles. The standard InChI is InChI=1S/C17H14IN7O2/c18-16-15(10-19-24(16)13-4-2-1-3-5-13)17-20-21-22-23(17)11-12-6-8-14(9-7-12)25(26)27/h1-10,21-22H,11H2. The van der Waals surface area contributed by atoms with E-state index in [9.17, 15) is 10.1 Å². The lowest BCUT2D eigenvalue weighted by Crippen LogP contribution is -2.40. The third-order valence-electron chi connectivity index (χ3n) is 4.04. The Morgan fingerprint density at radius 2 is 1.85 bits per heavy atom. The van der Waals surface area contributed by atoms with Crippen LogP contribution in [0.15, 0.2) is 65.9 Å². The number of hydrazone groups is 1. The van der Waals surface area contributed by atoms with Crippen LogP contribution < -0.4 is 11.1 Å². The van der Waals surface area contributed by atoms with Crippen LogP contribution in [0.5, 0.6) is 0 Å². The van der Waals surface area contributed by atoms with Gasteiger partial charge in [-0.1, -0.05) is 30.3 Å². The zero-order valence-corrected chi connectivity index (χ0v) is 16.1. The molecule has 0 saturated heterocycles. The van der Waals surface area contributed by atoms with Crippen molar-refractivity contribution in [1.82, 2.24) is 25.9 Å². The summed E-state index contributed by atoms with van der Waals surface area (Å²) in [6.07, 6.45) is 1.77. The first kappa shape index (κ1) is 17.4. The van der Waals surface area contributed by atoms with E-state index in [-0.39, 0.29) is 5.69 Å². The highest BCUT2D eigenvalue weighted by Gasteiger charge is 2.24. The number of benzene rings is 2. The molecule has 0 spiro atoms. The Hall–Kier alpha value is -2.99. The molecule has 0 fully saturated rings. The molecule has 4 rings (SSSR count). The van der Waals surface area contributed by atoms with Gasteiger partial charge in [0.2, 0.25) is 0 Å². The minimum absolute atomic E-state index is 0.0684. The molecule has 0 unspecified atom stereocenters. The Morgan fingerprint density at radius 1 is 1.11 bits per heavy atom. The number of nitro groups is 1. The second-order valence-electron chi connectivity index (χ2n) is 5.77. The first-order chi connectivity index (χ1) is 13.1. The van der Waals surface area contributed by atoms with Crippen molar-refractivity contribution in [1.29, 1.82) is 0 Å². The number of nitrogens with zero attached hydrogens (tertiary/aromatic N) is 5. The van der Waals surface area contributed by atoms with Crippen LogP contribution in [0.3, 0.4) is 0 Å². The van der Waals surface area contributed by atoms with E-state index in [1.807, 2.05) is 40.0 Å². The van der Waals surface area contributed by atoms with Gasteiger partial charge in [-0.2, -0.15) is 5.10 Å². The maximum absolute atomic E-state index is 10.8. The molecular weight excluding hydrogens is 461 g/mol. The SMILES string of the molecule is O=[N+]([O-])c1ccc(CN2NNN=C2c2cnn(-c3ccccc3)c2I)cc1. The van der Waals surface area contributed by atoms with Gasteiger partial charge in [0.1, 0.15) is 3.70 Å². The van der Waals surface area contributed by atoms with E-state index in [1.165, 1.54) is 12.1 Å². The van der Waals surface area contributed by atoms with Crippen molar-refractivity contribution in [2.24, 2.45) is 5.10 Å². The summed E-state index contributed by atoms with van der Waals surface area (Å²) in [5.41, 5.74) is 8.56. The molecule has 0 amide bonds. The maximum Gasteiger partial charge on any atom is 0.269 e. The van der Waals surface area contributed by atoms with Gasteiger partial charge < -0.3 is 0 Å². The molecule has 10 heteroatoms. The first-order valence-electron chi connectivity index (χ1n) is 8.02. The van der Waals surface area contributed by atoms with Crippen molar-refractivity contribution >= 4 is 34.1 Å². The number of aromatic nitrogens is 2. The lowest BCUT2D eigenvalue weighted by molar-refractivity contribution is -0.384. The second kappa shape index (κ2) is 7.32. The molecule has 0 aliphatic carbocycles. The monoisotopic (exact) mass is 475 g/mol. The van der Waals surface area contributed by atoms with E-state index < -0.39 is 4.92 Å². The number of nitro benzene ring substituents is 1. The summed E-state index contributed by atoms with van der Waals surface area (Å²) in [6, 6.07) is 16.3. The number of nitrogens with one attached hydrogen (secondary N) is 2.